The molecule has 4 nitrogen and oxygen atoms in total. The fraction of sp³-hybridized carbons (Fsp3) is 0.345. The van der Waals surface area contributed by atoms with Crippen molar-refractivity contribution in [3.05, 3.63) is 94.1 Å². The van der Waals surface area contributed by atoms with Crippen LogP contribution in [-0.4, -0.2) is 29.1 Å². The predicted molar refractivity (Wildman–Crippen MR) is 133 cm³/mol. The van der Waals surface area contributed by atoms with E-state index in [9.17, 15) is 9.90 Å². The lowest BCUT2D eigenvalue weighted by Gasteiger charge is -2.26. The topological polar surface area (TPSA) is 49.8 Å². The summed E-state index contributed by atoms with van der Waals surface area (Å²) >= 11 is 0. The summed E-state index contributed by atoms with van der Waals surface area (Å²) in [6.07, 6.45) is 10.3. The van der Waals surface area contributed by atoms with Gasteiger partial charge in [-0.05, 0) is 72.1 Å². The molecule has 1 heterocycles. The highest BCUT2D eigenvalue weighted by atomic mass is 16.5. The summed E-state index contributed by atoms with van der Waals surface area (Å²) in [5.41, 5.74) is 7.97. The highest BCUT2D eigenvalue weighted by Gasteiger charge is 2.18. The van der Waals surface area contributed by atoms with Gasteiger partial charge in [0.05, 0.1) is 0 Å². The summed E-state index contributed by atoms with van der Waals surface area (Å²) in [5, 5.41) is 9.26. The molecule has 4 rings (SSSR count). The Bertz CT molecular complexity index is 1130. The van der Waals surface area contributed by atoms with Crippen LogP contribution in [-0.2, 0) is 17.9 Å². The summed E-state index contributed by atoms with van der Waals surface area (Å²) < 4.78 is 6.23. The van der Waals surface area contributed by atoms with Crippen molar-refractivity contribution in [1.82, 2.24) is 4.90 Å². The van der Waals surface area contributed by atoms with Crippen LogP contribution in [0.15, 0.2) is 66.3 Å². The third-order valence-corrected chi connectivity index (χ3v) is 6.72. The molecule has 1 unspecified atom stereocenters. The van der Waals surface area contributed by atoms with E-state index < -0.39 is 5.97 Å². The minimum absolute atomic E-state index is 0.491. The first kappa shape index (κ1) is 23.1. The molecule has 1 N–H and O–H groups in total. The molecule has 2 aliphatic rings. The second-order valence-corrected chi connectivity index (χ2v) is 9.20. The molecule has 1 aliphatic carbocycles. The van der Waals surface area contributed by atoms with Crippen molar-refractivity contribution in [1.29, 1.82) is 0 Å². The van der Waals surface area contributed by atoms with Gasteiger partial charge in [-0.3, -0.25) is 4.90 Å². The van der Waals surface area contributed by atoms with Gasteiger partial charge in [-0.25, -0.2) is 4.79 Å². The monoisotopic (exact) mass is 443 g/mol. The summed E-state index contributed by atoms with van der Waals surface area (Å²) in [6.45, 7) is 9.20. The molecule has 0 radical (unpaired) electrons. The number of aryl methyl sites for hydroxylation is 1. The number of ether oxygens (including phenoxy) is 1. The number of carboxylic acids is 1. The maximum absolute atomic E-state index is 11.3. The Morgan fingerprint density at radius 2 is 2.06 bits per heavy atom. The van der Waals surface area contributed by atoms with E-state index in [4.69, 9.17) is 4.74 Å². The van der Waals surface area contributed by atoms with Crippen LogP contribution in [0.2, 0.25) is 0 Å². The zero-order valence-electron chi connectivity index (χ0n) is 19.8. The molecular weight excluding hydrogens is 410 g/mol. The smallest absolute Gasteiger partial charge is 0.332 e. The maximum Gasteiger partial charge on any atom is 0.332 e. The Morgan fingerprint density at radius 3 is 2.82 bits per heavy atom. The van der Waals surface area contributed by atoms with Crippen LogP contribution in [0.5, 0.6) is 5.75 Å². The number of rotatable bonds is 7. The first-order valence-corrected chi connectivity index (χ1v) is 11.7. The van der Waals surface area contributed by atoms with Crippen LogP contribution in [0.1, 0.15) is 47.6 Å². The highest BCUT2D eigenvalue weighted by Crippen LogP contribution is 2.32. The summed E-state index contributed by atoms with van der Waals surface area (Å²) in [7, 11) is 0. The molecule has 33 heavy (non-hydrogen) atoms. The van der Waals surface area contributed by atoms with E-state index in [1.54, 1.807) is 0 Å². The molecule has 4 heteroatoms. The minimum Gasteiger partial charge on any atom is -0.489 e. The zero-order chi connectivity index (χ0) is 23.4. The summed E-state index contributed by atoms with van der Waals surface area (Å²) in [6, 6.07) is 12.8. The van der Waals surface area contributed by atoms with Gasteiger partial charge < -0.3 is 9.84 Å². The van der Waals surface area contributed by atoms with Crippen LogP contribution < -0.4 is 4.74 Å². The van der Waals surface area contributed by atoms with Crippen molar-refractivity contribution in [3.63, 3.8) is 0 Å². The third-order valence-electron chi connectivity index (χ3n) is 6.72. The first-order chi connectivity index (χ1) is 15.9. The van der Waals surface area contributed by atoms with E-state index in [1.807, 2.05) is 12.1 Å². The number of hydrogen-bond acceptors (Lipinski definition) is 3. The molecule has 2 aromatic carbocycles. The Balaban J connectivity index is 1.42. The molecule has 0 bridgehead atoms. The van der Waals surface area contributed by atoms with Crippen molar-refractivity contribution in [2.75, 3.05) is 13.1 Å². The molecule has 172 valence electrons. The van der Waals surface area contributed by atoms with Crippen LogP contribution in [0, 0.1) is 19.8 Å². The maximum atomic E-state index is 11.3. The number of benzene rings is 2. The van der Waals surface area contributed by atoms with Gasteiger partial charge in [0.2, 0.25) is 0 Å². The number of nitrogens with zero attached hydrogens (tertiary/aromatic N) is 1. The van der Waals surface area contributed by atoms with E-state index in [-0.39, 0.29) is 0 Å². The van der Waals surface area contributed by atoms with Crippen LogP contribution in [0.4, 0.5) is 0 Å². The molecule has 0 amide bonds. The number of hydrogen-bond donors (Lipinski definition) is 1. The average Bonchev–Trinajstić information content (AvgIpc) is 2.80. The fourth-order valence-corrected chi connectivity index (χ4v) is 4.73. The van der Waals surface area contributed by atoms with Crippen LogP contribution >= 0.6 is 0 Å². The van der Waals surface area contributed by atoms with Gasteiger partial charge in [0.1, 0.15) is 12.4 Å². The fourth-order valence-electron chi connectivity index (χ4n) is 4.73. The average molecular weight is 444 g/mol. The predicted octanol–water partition coefficient (Wildman–Crippen LogP) is 6.08. The van der Waals surface area contributed by atoms with E-state index in [1.165, 1.54) is 27.8 Å². The second-order valence-electron chi connectivity index (χ2n) is 9.20. The Kier molecular flexibility index (Phi) is 7.14. The zero-order valence-corrected chi connectivity index (χ0v) is 19.8. The van der Waals surface area contributed by atoms with Crippen molar-refractivity contribution in [2.24, 2.45) is 5.92 Å². The Labute approximate surface area is 196 Å². The van der Waals surface area contributed by atoms with Gasteiger partial charge in [0, 0.05) is 25.2 Å². The SMILES string of the molecule is Cc1cc(CN2CCC=C(C(=O)O)C2)ccc1OCc1cccc(C2=CC=CCC2C)c1C. The largest absolute Gasteiger partial charge is 0.489 e. The van der Waals surface area contributed by atoms with Crippen LogP contribution in [0.3, 0.4) is 0 Å². The first-order valence-electron chi connectivity index (χ1n) is 11.7. The van der Waals surface area contributed by atoms with Gasteiger partial charge in [-0.15, -0.1) is 0 Å². The number of allylic oxidation sites excluding steroid dienone is 4. The normalized spacial score (nSPS) is 18.6. The standard InChI is InChI=1S/C29H33NO3/c1-20-8-4-5-11-26(20)27-12-6-9-25(22(27)3)19-33-28-14-13-23(16-21(28)2)17-30-15-7-10-24(18-30)29(31)32/h4-6,9-14,16,20H,7-8,15,17-19H2,1-3H3,(H,31,32). The second kappa shape index (κ2) is 10.2. The Morgan fingerprint density at radius 1 is 1.21 bits per heavy atom. The van der Waals surface area contributed by atoms with Crippen LogP contribution in [0.25, 0.3) is 5.57 Å². The quantitative estimate of drug-likeness (QED) is 0.564. The summed E-state index contributed by atoms with van der Waals surface area (Å²) in [4.78, 5) is 13.5. The molecular formula is C29H33NO3. The third kappa shape index (κ3) is 5.45. The van der Waals surface area contributed by atoms with E-state index in [2.05, 4.69) is 74.2 Å². The van der Waals surface area contributed by atoms with E-state index in [0.717, 1.165) is 37.2 Å². The minimum atomic E-state index is -0.815. The molecule has 0 saturated carbocycles. The van der Waals surface area contributed by atoms with Crippen molar-refractivity contribution in [3.8, 4) is 5.75 Å². The lowest BCUT2D eigenvalue weighted by Crippen LogP contribution is -2.31. The van der Waals surface area contributed by atoms with E-state index in [0.29, 0.717) is 24.6 Å². The highest BCUT2D eigenvalue weighted by molar-refractivity contribution is 5.87. The molecule has 2 aromatic rings. The molecule has 1 atom stereocenters. The van der Waals surface area contributed by atoms with Crippen molar-refractivity contribution in [2.45, 2.75) is 46.8 Å². The molecule has 0 aromatic heterocycles. The Hall–Kier alpha value is -3.11. The summed E-state index contributed by atoms with van der Waals surface area (Å²) in [5.74, 6) is 0.604. The van der Waals surface area contributed by atoms with Gasteiger partial charge in [-0.2, -0.15) is 0 Å². The van der Waals surface area contributed by atoms with Gasteiger partial charge in [-0.1, -0.05) is 61.6 Å². The molecule has 1 aliphatic heterocycles. The number of aliphatic carboxylic acids is 1. The van der Waals surface area contributed by atoms with Gasteiger partial charge in [0.15, 0.2) is 0 Å². The lowest BCUT2D eigenvalue weighted by atomic mass is 9.85. The van der Waals surface area contributed by atoms with Crippen molar-refractivity contribution >= 4 is 11.5 Å². The number of carbonyl (C=O) groups is 1. The molecule has 0 fully saturated rings. The molecule has 0 saturated heterocycles. The van der Waals surface area contributed by atoms with Crippen molar-refractivity contribution < 1.29 is 14.6 Å². The molecule has 0 spiro atoms. The number of carboxylic acid groups (broad SMARTS) is 1. The van der Waals surface area contributed by atoms with E-state index >= 15 is 0 Å². The van der Waals surface area contributed by atoms with Gasteiger partial charge in [0.25, 0.3) is 0 Å². The lowest BCUT2D eigenvalue weighted by molar-refractivity contribution is -0.133. The van der Waals surface area contributed by atoms with Gasteiger partial charge >= 0.3 is 5.97 Å².